The Hall–Kier alpha value is -0.640. The van der Waals surface area contributed by atoms with E-state index in [2.05, 4.69) is 34.9 Å². The van der Waals surface area contributed by atoms with Crippen molar-refractivity contribution in [3.05, 3.63) is 25.3 Å². The molecule has 0 aromatic rings. The van der Waals surface area contributed by atoms with Gasteiger partial charge >= 0.3 is 0 Å². The molecule has 0 amide bonds. The number of nitrogens with zero attached hydrogens (tertiary/aromatic N) is 3. The van der Waals surface area contributed by atoms with Crippen LogP contribution in [0.5, 0.6) is 0 Å². The molecule has 0 aliphatic carbocycles. The van der Waals surface area contributed by atoms with E-state index in [1.165, 1.54) is 0 Å². The molecular formula is C13H25N3. The first kappa shape index (κ1) is 13.4. The lowest BCUT2D eigenvalue weighted by Gasteiger charge is -2.23. The molecule has 1 fully saturated rings. The molecule has 1 rings (SSSR count). The average molecular weight is 223 g/mol. The average Bonchev–Trinajstić information content (AvgIpc) is 2.35. The molecule has 0 aromatic heterocycles. The summed E-state index contributed by atoms with van der Waals surface area (Å²) >= 11 is 0. The Morgan fingerprint density at radius 3 is 1.56 bits per heavy atom. The SMILES string of the molecule is C=CCN1CCN(C)CCN(CC=C)CC1. The molecule has 1 saturated heterocycles. The Balaban J connectivity index is 2.49. The van der Waals surface area contributed by atoms with Gasteiger partial charge in [0, 0.05) is 52.4 Å². The predicted octanol–water partition coefficient (Wildman–Crippen LogP) is 0.908. The quantitative estimate of drug-likeness (QED) is 0.656. The van der Waals surface area contributed by atoms with Crippen molar-refractivity contribution >= 4 is 0 Å². The van der Waals surface area contributed by atoms with Gasteiger partial charge in [0.2, 0.25) is 0 Å². The van der Waals surface area contributed by atoms with E-state index in [1.807, 2.05) is 12.2 Å². The van der Waals surface area contributed by atoms with E-state index in [-0.39, 0.29) is 0 Å². The van der Waals surface area contributed by atoms with Crippen LogP contribution in [0.2, 0.25) is 0 Å². The monoisotopic (exact) mass is 223 g/mol. The van der Waals surface area contributed by atoms with Crippen LogP contribution in [0.3, 0.4) is 0 Å². The molecule has 0 aromatic carbocycles. The van der Waals surface area contributed by atoms with Crippen molar-refractivity contribution in [3.63, 3.8) is 0 Å². The number of hydrogen-bond acceptors (Lipinski definition) is 3. The van der Waals surface area contributed by atoms with Crippen molar-refractivity contribution in [1.82, 2.24) is 14.7 Å². The molecular weight excluding hydrogens is 198 g/mol. The lowest BCUT2D eigenvalue weighted by Crippen LogP contribution is -2.36. The van der Waals surface area contributed by atoms with Gasteiger partial charge in [-0.2, -0.15) is 0 Å². The van der Waals surface area contributed by atoms with Gasteiger partial charge in [0.25, 0.3) is 0 Å². The van der Waals surface area contributed by atoms with Crippen LogP contribution in [0.25, 0.3) is 0 Å². The van der Waals surface area contributed by atoms with E-state index < -0.39 is 0 Å². The highest BCUT2D eigenvalue weighted by atomic mass is 15.2. The van der Waals surface area contributed by atoms with Crippen LogP contribution in [0.1, 0.15) is 0 Å². The van der Waals surface area contributed by atoms with Crippen LogP contribution in [-0.4, -0.2) is 74.1 Å². The van der Waals surface area contributed by atoms with E-state index >= 15 is 0 Å². The summed E-state index contributed by atoms with van der Waals surface area (Å²) in [4.78, 5) is 7.33. The lowest BCUT2D eigenvalue weighted by molar-refractivity contribution is 0.246. The third-order valence-electron chi connectivity index (χ3n) is 3.10. The van der Waals surface area contributed by atoms with Crippen LogP contribution in [0.15, 0.2) is 25.3 Å². The second kappa shape index (κ2) is 7.60. The minimum absolute atomic E-state index is 0.996. The molecule has 1 heterocycles. The van der Waals surface area contributed by atoms with Gasteiger partial charge in [-0.15, -0.1) is 13.2 Å². The minimum Gasteiger partial charge on any atom is -0.304 e. The van der Waals surface area contributed by atoms with E-state index in [4.69, 9.17) is 0 Å². The maximum Gasteiger partial charge on any atom is 0.0161 e. The summed E-state index contributed by atoms with van der Waals surface area (Å²) in [6.07, 6.45) is 3.99. The Labute approximate surface area is 100 Å². The Bertz CT molecular complexity index is 193. The topological polar surface area (TPSA) is 9.72 Å². The molecule has 16 heavy (non-hydrogen) atoms. The first-order chi connectivity index (χ1) is 7.76. The summed E-state index contributed by atoms with van der Waals surface area (Å²) < 4.78 is 0. The Kier molecular flexibility index (Phi) is 6.38. The minimum atomic E-state index is 0.996. The molecule has 1 aliphatic rings. The number of rotatable bonds is 4. The predicted molar refractivity (Wildman–Crippen MR) is 70.8 cm³/mol. The van der Waals surface area contributed by atoms with Crippen molar-refractivity contribution in [2.24, 2.45) is 0 Å². The zero-order chi connectivity index (χ0) is 11.8. The van der Waals surface area contributed by atoms with Gasteiger partial charge in [-0.3, -0.25) is 9.80 Å². The number of hydrogen-bond donors (Lipinski definition) is 0. The molecule has 0 saturated carbocycles. The fourth-order valence-corrected chi connectivity index (χ4v) is 1.97. The maximum absolute atomic E-state index is 3.82. The molecule has 1 aliphatic heterocycles. The molecule has 0 bridgehead atoms. The number of likely N-dealkylation sites (N-methyl/N-ethyl adjacent to an activating group) is 1. The van der Waals surface area contributed by atoms with E-state index in [0.717, 1.165) is 52.4 Å². The van der Waals surface area contributed by atoms with Crippen LogP contribution < -0.4 is 0 Å². The molecule has 0 unspecified atom stereocenters. The summed E-state index contributed by atoms with van der Waals surface area (Å²) in [6, 6.07) is 0. The van der Waals surface area contributed by atoms with Crippen molar-refractivity contribution < 1.29 is 0 Å². The summed E-state index contributed by atoms with van der Waals surface area (Å²) in [5.74, 6) is 0. The molecule has 92 valence electrons. The molecule has 0 atom stereocenters. The van der Waals surface area contributed by atoms with Crippen LogP contribution in [-0.2, 0) is 0 Å². The van der Waals surface area contributed by atoms with Gasteiger partial charge in [0.15, 0.2) is 0 Å². The highest BCUT2D eigenvalue weighted by molar-refractivity contribution is 4.79. The first-order valence-corrected chi connectivity index (χ1v) is 6.11. The molecule has 3 heteroatoms. The van der Waals surface area contributed by atoms with Gasteiger partial charge in [-0.1, -0.05) is 12.2 Å². The highest BCUT2D eigenvalue weighted by Crippen LogP contribution is 1.99. The maximum atomic E-state index is 3.82. The van der Waals surface area contributed by atoms with E-state index in [0.29, 0.717) is 0 Å². The van der Waals surface area contributed by atoms with Gasteiger partial charge in [-0.05, 0) is 7.05 Å². The molecule has 0 spiro atoms. The Morgan fingerprint density at radius 2 is 1.19 bits per heavy atom. The van der Waals surface area contributed by atoms with Crippen LogP contribution in [0.4, 0.5) is 0 Å². The fraction of sp³-hybridized carbons (Fsp3) is 0.692. The van der Waals surface area contributed by atoms with Crippen molar-refractivity contribution in [2.75, 3.05) is 59.4 Å². The van der Waals surface area contributed by atoms with Gasteiger partial charge in [0.1, 0.15) is 0 Å². The van der Waals surface area contributed by atoms with Gasteiger partial charge in [0.05, 0.1) is 0 Å². The van der Waals surface area contributed by atoms with Crippen molar-refractivity contribution in [1.29, 1.82) is 0 Å². The van der Waals surface area contributed by atoms with Crippen molar-refractivity contribution in [2.45, 2.75) is 0 Å². The second-order valence-electron chi connectivity index (χ2n) is 4.48. The Morgan fingerprint density at radius 1 is 0.812 bits per heavy atom. The first-order valence-electron chi connectivity index (χ1n) is 6.11. The standard InChI is InChI=1S/C13H25N3/c1-4-6-15-10-8-14(3)9-11-16(7-5-2)13-12-15/h4-5H,1-2,6-13H2,3H3. The van der Waals surface area contributed by atoms with Crippen molar-refractivity contribution in [3.8, 4) is 0 Å². The summed E-state index contributed by atoms with van der Waals surface area (Å²) in [6.45, 7) is 16.5. The second-order valence-corrected chi connectivity index (χ2v) is 4.48. The third kappa shape index (κ3) is 4.92. The lowest BCUT2D eigenvalue weighted by atomic mass is 10.4. The van der Waals surface area contributed by atoms with Gasteiger partial charge in [-0.25, -0.2) is 0 Å². The fourth-order valence-electron chi connectivity index (χ4n) is 1.97. The van der Waals surface area contributed by atoms with E-state index in [9.17, 15) is 0 Å². The molecule has 3 nitrogen and oxygen atoms in total. The smallest absolute Gasteiger partial charge is 0.0161 e. The summed E-state index contributed by atoms with van der Waals surface area (Å²) in [5, 5.41) is 0. The van der Waals surface area contributed by atoms with Crippen LogP contribution >= 0.6 is 0 Å². The summed E-state index contributed by atoms with van der Waals surface area (Å²) in [5.41, 5.74) is 0. The third-order valence-corrected chi connectivity index (χ3v) is 3.10. The summed E-state index contributed by atoms with van der Waals surface area (Å²) in [7, 11) is 2.20. The van der Waals surface area contributed by atoms with Crippen LogP contribution in [0, 0.1) is 0 Å². The van der Waals surface area contributed by atoms with E-state index in [1.54, 1.807) is 0 Å². The normalized spacial score (nSPS) is 22.1. The highest BCUT2D eigenvalue weighted by Gasteiger charge is 2.12. The molecule has 0 N–H and O–H groups in total. The zero-order valence-corrected chi connectivity index (χ0v) is 10.6. The largest absolute Gasteiger partial charge is 0.304 e. The molecule has 0 radical (unpaired) electrons. The van der Waals surface area contributed by atoms with Gasteiger partial charge < -0.3 is 4.90 Å². The zero-order valence-electron chi connectivity index (χ0n) is 10.6.